The Morgan fingerprint density at radius 3 is 2.61 bits per heavy atom. The summed E-state index contributed by atoms with van der Waals surface area (Å²) in [7, 11) is 0. The molecule has 1 aliphatic heterocycles. The van der Waals surface area contributed by atoms with E-state index in [0.29, 0.717) is 36.9 Å². The zero-order valence-electron chi connectivity index (χ0n) is 17.1. The Morgan fingerprint density at radius 1 is 1.21 bits per heavy atom. The normalized spacial score (nSPS) is 16.9. The van der Waals surface area contributed by atoms with Crippen molar-refractivity contribution in [2.45, 2.75) is 52.7 Å². The maximum Gasteiger partial charge on any atom is 0.308 e. The minimum atomic E-state index is -0.892. The van der Waals surface area contributed by atoms with Crippen LogP contribution in [-0.2, 0) is 14.3 Å². The number of nitrogens with zero attached hydrogens (tertiary/aromatic N) is 1. The smallest absolute Gasteiger partial charge is 0.308 e. The molecule has 0 radical (unpaired) electrons. The van der Waals surface area contributed by atoms with Crippen LogP contribution in [-0.4, -0.2) is 54.5 Å². The van der Waals surface area contributed by atoms with Gasteiger partial charge in [0.2, 0.25) is 5.91 Å². The summed E-state index contributed by atoms with van der Waals surface area (Å²) in [6, 6.07) is 6.11. The van der Waals surface area contributed by atoms with Gasteiger partial charge in [-0.2, -0.15) is 0 Å². The Hall–Kier alpha value is -2.57. The monoisotopic (exact) mass is 390 g/mol. The van der Waals surface area contributed by atoms with Gasteiger partial charge in [0.1, 0.15) is 11.8 Å². The van der Waals surface area contributed by atoms with Gasteiger partial charge in [0.05, 0.1) is 24.7 Å². The highest BCUT2D eigenvalue weighted by atomic mass is 16.5. The van der Waals surface area contributed by atoms with Crippen LogP contribution in [0.25, 0.3) is 0 Å². The SMILES string of the molecule is CC(C)CCOc1ccccc1C(=O)N1CCNC(=O)C1CC(=O)OC(C)C. The first-order valence-corrected chi connectivity index (χ1v) is 9.79. The van der Waals surface area contributed by atoms with Crippen molar-refractivity contribution in [3.8, 4) is 5.75 Å². The summed E-state index contributed by atoms with van der Waals surface area (Å²) in [6.45, 7) is 8.87. The molecular formula is C21H30N2O5. The van der Waals surface area contributed by atoms with Crippen LogP contribution < -0.4 is 10.1 Å². The van der Waals surface area contributed by atoms with Crippen molar-refractivity contribution < 1.29 is 23.9 Å². The molecular weight excluding hydrogens is 360 g/mol. The number of carbonyl (C=O) groups is 3. The van der Waals surface area contributed by atoms with Crippen molar-refractivity contribution in [2.24, 2.45) is 5.92 Å². The van der Waals surface area contributed by atoms with E-state index in [-0.39, 0.29) is 24.3 Å². The van der Waals surface area contributed by atoms with Crippen LogP contribution in [0.3, 0.4) is 0 Å². The van der Waals surface area contributed by atoms with Crippen LogP contribution in [0.1, 0.15) is 50.9 Å². The lowest BCUT2D eigenvalue weighted by molar-refractivity contribution is -0.151. The molecule has 0 saturated carbocycles. The maximum atomic E-state index is 13.2. The van der Waals surface area contributed by atoms with E-state index in [2.05, 4.69) is 19.2 Å². The van der Waals surface area contributed by atoms with E-state index >= 15 is 0 Å². The number of nitrogens with one attached hydrogen (secondary N) is 1. The summed E-state index contributed by atoms with van der Waals surface area (Å²) in [5, 5.41) is 2.72. The van der Waals surface area contributed by atoms with Crippen LogP contribution in [0, 0.1) is 5.92 Å². The van der Waals surface area contributed by atoms with Crippen molar-refractivity contribution in [3.05, 3.63) is 29.8 Å². The number of carbonyl (C=O) groups excluding carboxylic acids is 3. The third-order valence-electron chi connectivity index (χ3n) is 4.39. The first-order valence-electron chi connectivity index (χ1n) is 9.79. The zero-order chi connectivity index (χ0) is 20.7. The molecule has 1 aromatic rings. The molecule has 0 aromatic heterocycles. The van der Waals surface area contributed by atoms with E-state index in [4.69, 9.17) is 9.47 Å². The van der Waals surface area contributed by atoms with Crippen LogP contribution in [0.4, 0.5) is 0 Å². The minimum absolute atomic E-state index is 0.174. The summed E-state index contributed by atoms with van der Waals surface area (Å²) in [4.78, 5) is 39.1. The molecule has 0 bridgehead atoms. The third kappa shape index (κ3) is 5.97. The van der Waals surface area contributed by atoms with Gasteiger partial charge in [-0.1, -0.05) is 26.0 Å². The predicted octanol–water partition coefficient (Wildman–Crippen LogP) is 2.39. The standard InChI is InChI=1S/C21H30N2O5/c1-14(2)9-12-27-18-8-6-5-7-16(18)21(26)23-11-10-22-20(25)17(23)13-19(24)28-15(3)4/h5-8,14-15,17H,9-13H2,1-4H3,(H,22,25). The molecule has 1 heterocycles. The highest BCUT2D eigenvalue weighted by molar-refractivity contribution is 6.01. The van der Waals surface area contributed by atoms with E-state index in [1.807, 2.05) is 6.07 Å². The molecule has 7 heteroatoms. The van der Waals surface area contributed by atoms with Crippen LogP contribution in [0.2, 0.25) is 0 Å². The molecule has 2 rings (SSSR count). The van der Waals surface area contributed by atoms with E-state index in [0.717, 1.165) is 6.42 Å². The number of hydrogen-bond donors (Lipinski definition) is 1. The number of esters is 1. The third-order valence-corrected chi connectivity index (χ3v) is 4.39. The Kier molecular flexibility index (Phi) is 7.84. The minimum Gasteiger partial charge on any atom is -0.493 e. The first-order chi connectivity index (χ1) is 13.3. The van der Waals surface area contributed by atoms with E-state index in [1.165, 1.54) is 4.90 Å². The Morgan fingerprint density at radius 2 is 1.93 bits per heavy atom. The molecule has 0 aliphatic carbocycles. The molecule has 1 fully saturated rings. The van der Waals surface area contributed by atoms with Crippen LogP contribution in [0.15, 0.2) is 24.3 Å². The fourth-order valence-corrected chi connectivity index (χ4v) is 2.96. The number of benzene rings is 1. The molecule has 1 N–H and O–H groups in total. The van der Waals surface area contributed by atoms with E-state index in [1.54, 1.807) is 32.0 Å². The largest absolute Gasteiger partial charge is 0.493 e. The second kappa shape index (κ2) is 10.1. The number of piperazine rings is 1. The zero-order valence-corrected chi connectivity index (χ0v) is 17.1. The van der Waals surface area contributed by atoms with Gasteiger partial charge in [0, 0.05) is 13.1 Å². The summed E-state index contributed by atoms with van der Waals surface area (Å²) in [6.07, 6.45) is 0.420. The van der Waals surface area contributed by atoms with Crippen molar-refractivity contribution in [1.82, 2.24) is 10.2 Å². The number of hydrogen-bond acceptors (Lipinski definition) is 5. The Bertz CT molecular complexity index is 702. The van der Waals surface area contributed by atoms with Gasteiger partial charge < -0.3 is 19.7 Å². The highest BCUT2D eigenvalue weighted by Gasteiger charge is 2.36. The lowest BCUT2D eigenvalue weighted by Crippen LogP contribution is -2.58. The molecule has 2 amide bonds. The van der Waals surface area contributed by atoms with Gasteiger partial charge in [-0.25, -0.2) is 0 Å². The summed E-state index contributed by atoms with van der Waals surface area (Å²) >= 11 is 0. The number of para-hydroxylation sites is 1. The van der Waals surface area contributed by atoms with Crippen LogP contribution >= 0.6 is 0 Å². The fraction of sp³-hybridized carbons (Fsp3) is 0.571. The molecule has 1 aromatic carbocycles. The Balaban J connectivity index is 2.18. The van der Waals surface area contributed by atoms with Gasteiger partial charge >= 0.3 is 5.97 Å². The molecule has 1 unspecified atom stereocenters. The molecule has 154 valence electrons. The number of rotatable bonds is 8. The fourth-order valence-electron chi connectivity index (χ4n) is 2.96. The van der Waals surface area contributed by atoms with Crippen molar-refractivity contribution in [3.63, 3.8) is 0 Å². The summed E-state index contributed by atoms with van der Waals surface area (Å²) in [5.74, 6) is -0.195. The predicted molar refractivity (Wildman–Crippen MR) is 105 cm³/mol. The topological polar surface area (TPSA) is 84.9 Å². The molecule has 28 heavy (non-hydrogen) atoms. The van der Waals surface area contributed by atoms with E-state index in [9.17, 15) is 14.4 Å². The summed E-state index contributed by atoms with van der Waals surface area (Å²) < 4.78 is 11.0. The first kappa shape index (κ1) is 21.7. The van der Waals surface area contributed by atoms with E-state index < -0.39 is 12.0 Å². The molecule has 1 saturated heterocycles. The molecule has 0 spiro atoms. The quantitative estimate of drug-likeness (QED) is 0.689. The van der Waals surface area contributed by atoms with Crippen molar-refractivity contribution in [2.75, 3.05) is 19.7 Å². The lowest BCUT2D eigenvalue weighted by atomic mass is 10.1. The highest BCUT2D eigenvalue weighted by Crippen LogP contribution is 2.23. The number of amides is 2. The average Bonchev–Trinajstić information content (AvgIpc) is 2.62. The van der Waals surface area contributed by atoms with Crippen molar-refractivity contribution >= 4 is 17.8 Å². The van der Waals surface area contributed by atoms with Gasteiger partial charge in [0.25, 0.3) is 5.91 Å². The molecule has 1 atom stereocenters. The average molecular weight is 390 g/mol. The van der Waals surface area contributed by atoms with Gasteiger partial charge in [-0.3, -0.25) is 14.4 Å². The van der Waals surface area contributed by atoms with Gasteiger partial charge in [-0.05, 0) is 38.3 Å². The van der Waals surface area contributed by atoms with Gasteiger partial charge in [-0.15, -0.1) is 0 Å². The summed E-state index contributed by atoms with van der Waals surface area (Å²) in [5.41, 5.74) is 0.392. The number of ether oxygens (including phenoxy) is 2. The molecule has 7 nitrogen and oxygen atoms in total. The van der Waals surface area contributed by atoms with Crippen molar-refractivity contribution in [1.29, 1.82) is 0 Å². The second-order valence-electron chi connectivity index (χ2n) is 7.58. The van der Waals surface area contributed by atoms with Crippen LogP contribution in [0.5, 0.6) is 5.75 Å². The molecule has 1 aliphatic rings. The Labute approximate surface area is 166 Å². The second-order valence-corrected chi connectivity index (χ2v) is 7.58. The lowest BCUT2D eigenvalue weighted by Gasteiger charge is -2.35. The van der Waals surface area contributed by atoms with Gasteiger partial charge in [0.15, 0.2) is 0 Å². The maximum absolute atomic E-state index is 13.2.